The van der Waals surface area contributed by atoms with E-state index in [2.05, 4.69) is 32.9 Å². The Morgan fingerprint density at radius 2 is 1.88 bits per heavy atom. The summed E-state index contributed by atoms with van der Waals surface area (Å²) in [6.45, 7) is 6.52. The van der Waals surface area contributed by atoms with Gasteiger partial charge in [-0.15, -0.1) is 0 Å². The Balaban J connectivity index is 2.26. The fourth-order valence-electron chi connectivity index (χ4n) is 2.00. The van der Waals surface area contributed by atoms with E-state index in [4.69, 9.17) is 0 Å². The van der Waals surface area contributed by atoms with Gasteiger partial charge in [-0.2, -0.15) is 0 Å². The number of benzene rings is 1. The summed E-state index contributed by atoms with van der Waals surface area (Å²) in [6, 6.07) is 8.32. The highest BCUT2D eigenvalue weighted by Crippen LogP contribution is 2.12. The minimum absolute atomic E-state index is 0.411. The first-order valence-corrected chi connectivity index (χ1v) is 6.66. The largest absolute Gasteiger partial charge is 0.300 e. The molecule has 0 heterocycles. The molecule has 0 spiro atoms. The molecular weight excluding hydrogens is 208 g/mol. The van der Waals surface area contributed by atoms with Crippen LogP contribution < -0.4 is 0 Å². The van der Waals surface area contributed by atoms with Gasteiger partial charge in [0.1, 0.15) is 5.78 Å². The van der Waals surface area contributed by atoms with Crippen LogP contribution in [0.1, 0.15) is 50.7 Å². The number of carbonyl (C=O) groups is 1. The van der Waals surface area contributed by atoms with E-state index in [0.717, 1.165) is 25.7 Å². The highest BCUT2D eigenvalue weighted by molar-refractivity contribution is 5.78. The molecule has 0 unspecified atom stereocenters. The first-order chi connectivity index (χ1) is 8.09. The maximum Gasteiger partial charge on any atom is 0.133 e. The van der Waals surface area contributed by atoms with E-state index in [-0.39, 0.29) is 0 Å². The predicted molar refractivity (Wildman–Crippen MR) is 73.2 cm³/mol. The summed E-state index contributed by atoms with van der Waals surface area (Å²) in [5.74, 6) is 1.12. The van der Waals surface area contributed by atoms with Crippen LogP contribution in [0.25, 0.3) is 0 Å². The number of aryl methyl sites for hydroxylation is 2. The van der Waals surface area contributed by atoms with E-state index >= 15 is 0 Å². The minimum Gasteiger partial charge on any atom is -0.300 e. The van der Waals surface area contributed by atoms with E-state index in [9.17, 15) is 4.79 Å². The van der Waals surface area contributed by atoms with Crippen molar-refractivity contribution in [2.24, 2.45) is 5.92 Å². The van der Waals surface area contributed by atoms with Crippen LogP contribution in [-0.4, -0.2) is 5.78 Å². The van der Waals surface area contributed by atoms with Gasteiger partial charge < -0.3 is 0 Å². The van der Waals surface area contributed by atoms with Crippen LogP contribution in [0.3, 0.4) is 0 Å². The summed E-state index contributed by atoms with van der Waals surface area (Å²) in [5.41, 5.74) is 2.60. The van der Waals surface area contributed by atoms with E-state index in [1.54, 1.807) is 0 Å². The van der Waals surface area contributed by atoms with Gasteiger partial charge in [0, 0.05) is 12.8 Å². The molecule has 0 saturated heterocycles. The normalized spacial score (nSPS) is 10.8. The second-order valence-electron chi connectivity index (χ2n) is 5.25. The van der Waals surface area contributed by atoms with Crippen LogP contribution in [0.4, 0.5) is 0 Å². The van der Waals surface area contributed by atoms with Gasteiger partial charge in [-0.3, -0.25) is 4.79 Å². The average molecular weight is 232 g/mol. The number of ketones is 1. The lowest BCUT2D eigenvalue weighted by Gasteiger charge is -2.06. The molecule has 0 aliphatic carbocycles. The molecule has 94 valence electrons. The van der Waals surface area contributed by atoms with E-state index < -0.39 is 0 Å². The summed E-state index contributed by atoms with van der Waals surface area (Å²) >= 11 is 0. The minimum atomic E-state index is 0.411. The monoisotopic (exact) mass is 232 g/mol. The van der Waals surface area contributed by atoms with Crippen molar-refractivity contribution in [3.05, 3.63) is 35.4 Å². The van der Waals surface area contributed by atoms with Crippen LogP contribution in [0.5, 0.6) is 0 Å². The molecule has 1 nitrogen and oxygen atoms in total. The fourth-order valence-corrected chi connectivity index (χ4v) is 2.00. The lowest BCUT2D eigenvalue weighted by molar-refractivity contribution is -0.119. The lowest BCUT2D eigenvalue weighted by Crippen LogP contribution is -2.02. The third-order valence-electron chi connectivity index (χ3n) is 3.17. The van der Waals surface area contributed by atoms with Crippen molar-refractivity contribution in [1.82, 2.24) is 0 Å². The molecule has 0 aromatic heterocycles. The Labute approximate surface area is 105 Å². The van der Waals surface area contributed by atoms with Crippen LogP contribution in [-0.2, 0) is 11.2 Å². The van der Waals surface area contributed by atoms with Gasteiger partial charge in [-0.05, 0) is 36.8 Å². The number of hydrogen-bond donors (Lipinski definition) is 0. The number of Topliss-reactive ketones (excluding diaryl/α,β-unsaturated/α-hetero) is 1. The van der Waals surface area contributed by atoms with E-state index in [0.29, 0.717) is 18.1 Å². The Morgan fingerprint density at radius 3 is 2.53 bits per heavy atom. The molecule has 1 rings (SSSR count). The van der Waals surface area contributed by atoms with Gasteiger partial charge in [0.05, 0.1) is 0 Å². The van der Waals surface area contributed by atoms with Gasteiger partial charge >= 0.3 is 0 Å². The molecule has 0 fully saturated rings. The van der Waals surface area contributed by atoms with Crippen molar-refractivity contribution in [3.63, 3.8) is 0 Å². The van der Waals surface area contributed by atoms with Gasteiger partial charge in [-0.25, -0.2) is 0 Å². The smallest absolute Gasteiger partial charge is 0.133 e. The van der Waals surface area contributed by atoms with Crippen LogP contribution >= 0.6 is 0 Å². The molecule has 0 radical (unpaired) electrons. The molecule has 0 atom stereocenters. The standard InChI is InChI=1S/C16H24O/c1-13(2)7-6-10-16(17)12-11-15-9-5-4-8-14(15)3/h4-5,8-9,13H,6-7,10-12H2,1-3H3. The number of rotatable bonds is 7. The first kappa shape index (κ1) is 14.0. The van der Waals surface area contributed by atoms with E-state index in [1.165, 1.54) is 11.1 Å². The lowest BCUT2D eigenvalue weighted by atomic mass is 9.99. The summed E-state index contributed by atoms with van der Waals surface area (Å²) in [5, 5.41) is 0. The van der Waals surface area contributed by atoms with Crippen molar-refractivity contribution in [1.29, 1.82) is 0 Å². The van der Waals surface area contributed by atoms with Gasteiger partial charge in [0.15, 0.2) is 0 Å². The molecule has 0 aliphatic rings. The van der Waals surface area contributed by atoms with Crippen molar-refractivity contribution in [3.8, 4) is 0 Å². The zero-order valence-electron chi connectivity index (χ0n) is 11.3. The Morgan fingerprint density at radius 1 is 1.18 bits per heavy atom. The fraction of sp³-hybridized carbons (Fsp3) is 0.562. The summed E-state index contributed by atoms with van der Waals surface area (Å²) in [6.07, 6.45) is 4.56. The highest BCUT2D eigenvalue weighted by Gasteiger charge is 2.04. The third-order valence-corrected chi connectivity index (χ3v) is 3.17. The quantitative estimate of drug-likeness (QED) is 0.684. The van der Waals surface area contributed by atoms with Crippen molar-refractivity contribution in [2.75, 3.05) is 0 Å². The third kappa shape index (κ3) is 5.67. The average Bonchev–Trinajstić information content (AvgIpc) is 2.27. The molecular formula is C16H24O. The maximum atomic E-state index is 11.7. The Kier molecular flexibility index (Phi) is 5.96. The molecule has 17 heavy (non-hydrogen) atoms. The second-order valence-corrected chi connectivity index (χ2v) is 5.25. The SMILES string of the molecule is Cc1ccccc1CCC(=O)CCCC(C)C. The van der Waals surface area contributed by atoms with Crippen LogP contribution in [0, 0.1) is 12.8 Å². The van der Waals surface area contributed by atoms with Crippen molar-refractivity contribution < 1.29 is 4.79 Å². The molecule has 0 aliphatic heterocycles. The molecule has 0 amide bonds. The van der Waals surface area contributed by atoms with Crippen molar-refractivity contribution in [2.45, 2.75) is 52.9 Å². The summed E-state index contributed by atoms with van der Waals surface area (Å²) in [7, 11) is 0. The van der Waals surface area contributed by atoms with Gasteiger partial charge in [0.25, 0.3) is 0 Å². The van der Waals surface area contributed by atoms with Crippen LogP contribution in [0.15, 0.2) is 24.3 Å². The first-order valence-electron chi connectivity index (χ1n) is 6.66. The van der Waals surface area contributed by atoms with E-state index in [1.807, 2.05) is 12.1 Å². The topological polar surface area (TPSA) is 17.1 Å². The second kappa shape index (κ2) is 7.26. The van der Waals surface area contributed by atoms with Gasteiger partial charge in [0.2, 0.25) is 0 Å². The van der Waals surface area contributed by atoms with Gasteiger partial charge in [-0.1, -0.05) is 44.5 Å². The molecule has 1 aromatic carbocycles. The number of hydrogen-bond acceptors (Lipinski definition) is 1. The zero-order chi connectivity index (χ0) is 12.7. The van der Waals surface area contributed by atoms with Crippen LogP contribution in [0.2, 0.25) is 0 Å². The Bertz CT molecular complexity index is 352. The summed E-state index contributed by atoms with van der Waals surface area (Å²) < 4.78 is 0. The molecule has 1 heteroatoms. The van der Waals surface area contributed by atoms with Crippen molar-refractivity contribution >= 4 is 5.78 Å². The Hall–Kier alpha value is -1.11. The predicted octanol–water partition coefficient (Wildman–Crippen LogP) is 4.32. The highest BCUT2D eigenvalue weighted by atomic mass is 16.1. The molecule has 1 aromatic rings. The molecule has 0 N–H and O–H groups in total. The zero-order valence-corrected chi connectivity index (χ0v) is 11.3. The molecule has 0 bridgehead atoms. The maximum absolute atomic E-state index is 11.7. The molecule has 0 saturated carbocycles. The summed E-state index contributed by atoms with van der Waals surface area (Å²) in [4.78, 5) is 11.7. The number of carbonyl (C=O) groups excluding carboxylic acids is 1.